The summed E-state index contributed by atoms with van der Waals surface area (Å²) >= 11 is 4.60. The second kappa shape index (κ2) is 8.25. The SMILES string of the molecule is Cc1ccc(Nc2nc(C(=O)OCC(=O)c3ccc(Br)cc3)cs2)cc1. The van der Waals surface area contributed by atoms with Crippen LogP contribution in [0, 0.1) is 6.92 Å². The van der Waals surface area contributed by atoms with Crippen LogP contribution in [0.4, 0.5) is 10.8 Å². The van der Waals surface area contributed by atoms with Crippen molar-refractivity contribution in [2.45, 2.75) is 6.92 Å². The van der Waals surface area contributed by atoms with Gasteiger partial charge < -0.3 is 10.1 Å². The van der Waals surface area contributed by atoms with Crippen LogP contribution in [0.1, 0.15) is 26.4 Å². The Kier molecular flexibility index (Phi) is 5.80. The fraction of sp³-hybridized carbons (Fsp3) is 0.105. The number of aromatic nitrogens is 1. The third-order valence-corrected chi connectivity index (χ3v) is 4.80. The Bertz CT molecular complexity index is 921. The molecule has 0 aliphatic carbocycles. The van der Waals surface area contributed by atoms with Crippen molar-refractivity contribution >= 4 is 49.8 Å². The van der Waals surface area contributed by atoms with Crippen LogP contribution < -0.4 is 5.32 Å². The maximum atomic E-state index is 12.1. The predicted molar refractivity (Wildman–Crippen MR) is 105 cm³/mol. The topological polar surface area (TPSA) is 68.3 Å². The first-order valence-corrected chi connectivity index (χ1v) is 9.43. The van der Waals surface area contributed by atoms with Gasteiger partial charge in [0, 0.05) is 21.1 Å². The van der Waals surface area contributed by atoms with Crippen molar-refractivity contribution in [1.29, 1.82) is 0 Å². The van der Waals surface area contributed by atoms with Crippen molar-refractivity contribution in [3.63, 3.8) is 0 Å². The van der Waals surface area contributed by atoms with E-state index < -0.39 is 5.97 Å². The van der Waals surface area contributed by atoms with E-state index in [0.717, 1.165) is 15.7 Å². The van der Waals surface area contributed by atoms with E-state index in [1.165, 1.54) is 11.3 Å². The third-order valence-electron chi connectivity index (χ3n) is 3.52. The molecule has 2 aromatic carbocycles. The van der Waals surface area contributed by atoms with E-state index in [4.69, 9.17) is 4.74 Å². The fourth-order valence-electron chi connectivity index (χ4n) is 2.11. The molecule has 0 radical (unpaired) electrons. The zero-order valence-corrected chi connectivity index (χ0v) is 16.3. The molecule has 5 nitrogen and oxygen atoms in total. The molecule has 1 aromatic heterocycles. The molecule has 0 fully saturated rings. The van der Waals surface area contributed by atoms with Crippen molar-refractivity contribution in [2.24, 2.45) is 0 Å². The van der Waals surface area contributed by atoms with Crippen molar-refractivity contribution in [2.75, 3.05) is 11.9 Å². The minimum atomic E-state index is -0.622. The first-order chi connectivity index (χ1) is 12.5. The van der Waals surface area contributed by atoms with Crippen LogP contribution in [0.3, 0.4) is 0 Å². The summed E-state index contributed by atoms with van der Waals surface area (Å²) in [7, 11) is 0. The van der Waals surface area contributed by atoms with Gasteiger partial charge >= 0.3 is 5.97 Å². The number of benzene rings is 2. The van der Waals surface area contributed by atoms with Crippen molar-refractivity contribution in [3.8, 4) is 0 Å². The van der Waals surface area contributed by atoms with Gasteiger partial charge in [-0.05, 0) is 31.2 Å². The summed E-state index contributed by atoms with van der Waals surface area (Å²) in [6.45, 7) is 1.69. The Hall–Kier alpha value is -2.51. The van der Waals surface area contributed by atoms with Gasteiger partial charge in [0.25, 0.3) is 0 Å². The molecule has 0 aliphatic heterocycles. The molecule has 1 N–H and O–H groups in total. The van der Waals surface area contributed by atoms with Gasteiger partial charge in [-0.3, -0.25) is 4.79 Å². The maximum absolute atomic E-state index is 12.1. The van der Waals surface area contributed by atoms with Gasteiger partial charge in [0.1, 0.15) is 0 Å². The van der Waals surface area contributed by atoms with Crippen molar-refractivity contribution in [1.82, 2.24) is 4.98 Å². The Morgan fingerprint density at radius 1 is 1.12 bits per heavy atom. The molecule has 0 bridgehead atoms. The third kappa shape index (κ3) is 4.77. The van der Waals surface area contributed by atoms with Gasteiger partial charge in [-0.1, -0.05) is 45.8 Å². The standard InChI is InChI=1S/C19H15BrN2O3S/c1-12-2-8-15(9-3-12)21-19-22-16(11-26-19)18(24)25-10-17(23)13-4-6-14(20)7-5-13/h2-9,11H,10H2,1H3,(H,21,22). The van der Waals surface area contributed by atoms with E-state index >= 15 is 0 Å². The van der Waals surface area contributed by atoms with Gasteiger partial charge in [-0.2, -0.15) is 0 Å². The summed E-state index contributed by atoms with van der Waals surface area (Å²) in [4.78, 5) is 28.3. The summed E-state index contributed by atoms with van der Waals surface area (Å²) in [5.74, 6) is -0.886. The molecule has 0 saturated carbocycles. The number of ether oxygens (including phenoxy) is 1. The number of nitrogens with one attached hydrogen (secondary N) is 1. The molecular weight excluding hydrogens is 416 g/mol. The van der Waals surface area contributed by atoms with Gasteiger partial charge in [0.05, 0.1) is 0 Å². The van der Waals surface area contributed by atoms with E-state index in [1.807, 2.05) is 31.2 Å². The van der Waals surface area contributed by atoms with Crippen molar-refractivity contribution < 1.29 is 14.3 Å². The van der Waals surface area contributed by atoms with E-state index in [-0.39, 0.29) is 18.1 Å². The summed E-state index contributed by atoms with van der Waals surface area (Å²) in [5, 5.41) is 5.31. The Morgan fingerprint density at radius 2 is 1.81 bits per heavy atom. The minimum absolute atomic E-state index is 0.174. The lowest BCUT2D eigenvalue weighted by atomic mass is 10.1. The number of halogens is 1. The molecule has 0 atom stereocenters. The lowest BCUT2D eigenvalue weighted by molar-refractivity contribution is 0.0470. The van der Waals surface area contributed by atoms with Gasteiger partial charge in [0.2, 0.25) is 0 Å². The average Bonchev–Trinajstić information content (AvgIpc) is 3.10. The van der Waals surface area contributed by atoms with E-state index in [0.29, 0.717) is 10.7 Å². The van der Waals surface area contributed by atoms with E-state index in [9.17, 15) is 9.59 Å². The second-order valence-corrected chi connectivity index (χ2v) is 7.31. The first-order valence-electron chi connectivity index (χ1n) is 7.76. The number of Topliss-reactive ketones (excluding diaryl/α,β-unsaturated/α-hetero) is 1. The van der Waals surface area contributed by atoms with Gasteiger partial charge in [-0.15, -0.1) is 11.3 Å². The maximum Gasteiger partial charge on any atom is 0.358 e. The smallest absolute Gasteiger partial charge is 0.358 e. The van der Waals surface area contributed by atoms with Crippen LogP contribution in [0.5, 0.6) is 0 Å². The molecule has 0 unspecified atom stereocenters. The van der Waals surface area contributed by atoms with Gasteiger partial charge in [-0.25, -0.2) is 9.78 Å². The zero-order valence-electron chi connectivity index (χ0n) is 13.9. The number of carbonyl (C=O) groups excluding carboxylic acids is 2. The lowest BCUT2D eigenvalue weighted by Crippen LogP contribution is -2.14. The summed E-state index contributed by atoms with van der Waals surface area (Å²) in [6.07, 6.45) is 0. The van der Waals surface area contributed by atoms with Crippen LogP contribution in [0.2, 0.25) is 0 Å². The van der Waals surface area contributed by atoms with Crippen LogP contribution in [0.15, 0.2) is 58.4 Å². The highest BCUT2D eigenvalue weighted by molar-refractivity contribution is 9.10. The minimum Gasteiger partial charge on any atom is -0.453 e. The number of carbonyl (C=O) groups is 2. The number of nitrogens with zero attached hydrogens (tertiary/aromatic N) is 1. The number of rotatable bonds is 6. The fourth-order valence-corrected chi connectivity index (χ4v) is 3.07. The Labute approximate surface area is 163 Å². The van der Waals surface area contributed by atoms with Crippen LogP contribution in [0.25, 0.3) is 0 Å². The second-order valence-electron chi connectivity index (χ2n) is 5.54. The number of aryl methyl sites for hydroxylation is 1. The van der Waals surface area contributed by atoms with E-state index in [2.05, 4.69) is 26.2 Å². The zero-order chi connectivity index (χ0) is 18.5. The molecule has 7 heteroatoms. The van der Waals surface area contributed by atoms with Crippen LogP contribution in [-0.2, 0) is 4.74 Å². The number of thiazole rings is 1. The summed E-state index contributed by atoms with van der Waals surface area (Å²) in [6, 6.07) is 14.7. The Morgan fingerprint density at radius 3 is 2.50 bits per heavy atom. The first kappa shape index (κ1) is 18.3. The predicted octanol–water partition coefficient (Wildman–Crippen LogP) is 5.00. The van der Waals surface area contributed by atoms with Gasteiger partial charge in [0.15, 0.2) is 23.2 Å². The van der Waals surface area contributed by atoms with E-state index in [1.54, 1.807) is 29.6 Å². The number of ketones is 1. The lowest BCUT2D eigenvalue weighted by Gasteiger charge is -2.03. The molecule has 0 aliphatic rings. The number of hydrogen-bond donors (Lipinski definition) is 1. The largest absolute Gasteiger partial charge is 0.453 e. The highest BCUT2D eigenvalue weighted by Crippen LogP contribution is 2.21. The van der Waals surface area contributed by atoms with Crippen LogP contribution in [-0.4, -0.2) is 23.3 Å². The normalized spacial score (nSPS) is 10.4. The summed E-state index contributed by atoms with van der Waals surface area (Å²) < 4.78 is 5.95. The number of anilines is 2. The molecule has 0 amide bonds. The van der Waals surface area contributed by atoms with Crippen molar-refractivity contribution in [3.05, 3.63) is 75.2 Å². The highest BCUT2D eigenvalue weighted by atomic mass is 79.9. The molecule has 0 spiro atoms. The molecule has 0 saturated heterocycles. The molecule has 3 aromatic rings. The summed E-state index contributed by atoms with van der Waals surface area (Å²) in [5.41, 5.74) is 2.71. The quantitative estimate of drug-likeness (QED) is 0.440. The highest BCUT2D eigenvalue weighted by Gasteiger charge is 2.15. The Balaban J connectivity index is 1.56. The number of esters is 1. The molecule has 1 heterocycles. The molecule has 26 heavy (non-hydrogen) atoms. The molecule has 132 valence electrons. The molecular formula is C19H15BrN2O3S. The van der Waals surface area contributed by atoms with Crippen LogP contribution >= 0.6 is 27.3 Å². The number of hydrogen-bond acceptors (Lipinski definition) is 6. The molecule has 3 rings (SSSR count). The monoisotopic (exact) mass is 430 g/mol. The average molecular weight is 431 g/mol.